The highest BCUT2D eigenvalue weighted by atomic mass is 35.5. The lowest BCUT2D eigenvalue weighted by molar-refractivity contribution is -0.121. The monoisotopic (exact) mass is 406 g/mol. The van der Waals surface area contributed by atoms with Gasteiger partial charge in [-0.05, 0) is 45.0 Å². The zero-order valence-electron chi connectivity index (χ0n) is 16.7. The molecule has 0 aliphatic carbocycles. The van der Waals surface area contributed by atoms with Crippen molar-refractivity contribution in [3.8, 4) is 5.69 Å². The third-order valence-corrected chi connectivity index (χ3v) is 5.32. The first-order valence-corrected chi connectivity index (χ1v) is 10.1. The number of benzene rings is 2. The zero-order valence-corrected chi connectivity index (χ0v) is 17.5. The van der Waals surface area contributed by atoms with Gasteiger partial charge in [-0.2, -0.15) is 0 Å². The molecule has 2 heterocycles. The number of amides is 1. The molecule has 1 aliphatic rings. The SMILES string of the molecule is CCNC(=O)C[C@H]1N=C(c2ccc(Cl)cc2)c2cc(C)ccc2-n2c(C)cnc21. The predicted octanol–water partition coefficient (Wildman–Crippen LogP) is 4.56. The fraction of sp³-hybridized carbons (Fsp3) is 0.261. The fourth-order valence-corrected chi connectivity index (χ4v) is 3.87. The second-order valence-corrected chi connectivity index (χ2v) is 7.71. The molecule has 0 spiro atoms. The summed E-state index contributed by atoms with van der Waals surface area (Å²) < 4.78 is 2.12. The average Bonchev–Trinajstić information content (AvgIpc) is 3.01. The molecule has 5 nitrogen and oxygen atoms in total. The number of carbonyl (C=O) groups excluding carboxylic acids is 1. The van der Waals surface area contributed by atoms with Gasteiger partial charge in [-0.3, -0.25) is 14.4 Å². The van der Waals surface area contributed by atoms with Gasteiger partial charge in [0.15, 0.2) is 0 Å². The second-order valence-electron chi connectivity index (χ2n) is 7.27. The number of aromatic nitrogens is 2. The average molecular weight is 407 g/mol. The van der Waals surface area contributed by atoms with E-state index in [4.69, 9.17) is 16.6 Å². The summed E-state index contributed by atoms with van der Waals surface area (Å²) in [5, 5.41) is 3.56. The van der Waals surface area contributed by atoms with Crippen molar-refractivity contribution in [2.45, 2.75) is 33.2 Å². The van der Waals surface area contributed by atoms with Gasteiger partial charge < -0.3 is 5.32 Å². The van der Waals surface area contributed by atoms with Crippen LogP contribution in [0.5, 0.6) is 0 Å². The molecule has 0 bridgehead atoms. The van der Waals surface area contributed by atoms with E-state index < -0.39 is 0 Å². The molecule has 2 aromatic carbocycles. The number of hydrogen-bond donors (Lipinski definition) is 1. The van der Waals surface area contributed by atoms with Gasteiger partial charge in [0.1, 0.15) is 11.9 Å². The van der Waals surface area contributed by atoms with Gasteiger partial charge >= 0.3 is 0 Å². The summed E-state index contributed by atoms with van der Waals surface area (Å²) in [4.78, 5) is 22.1. The van der Waals surface area contributed by atoms with E-state index >= 15 is 0 Å². The molecule has 0 radical (unpaired) electrons. The van der Waals surface area contributed by atoms with E-state index in [2.05, 4.69) is 40.0 Å². The van der Waals surface area contributed by atoms with Crippen molar-refractivity contribution in [3.05, 3.63) is 81.9 Å². The number of aryl methyl sites for hydroxylation is 2. The summed E-state index contributed by atoms with van der Waals surface area (Å²) in [6.45, 7) is 6.60. The molecule has 1 amide bonds. The van der Waals surface area contributed by atoms with Crippen LogP contribution in [0.4, 0.5) is 0 Å². The number of nitrogens with one attached hydrogen (secondary N) is 1. The highest BCUT2D eigenvalue weighted by Gasteiger charge is 2.28. The Kier molecular flexibility index (Phi) is 5.24. The highest BCUT2D eigenvalue weighted by Crippen LogP contribution is 2.33. The van der Waals surface area contributed by atoms with Crippen molar-refractivity contribution >= 4 is 23.2 Å². The van der Waals surface area contributed by atoms with Crippen molar-refractivity contribution in [1.82, 2.24) is 14.9 Å². The second kappa shape index (κ2) is 7.84. The van der Waals surface area contributed by atoms with Gasteiger partial charge in [-0.1, -0.05) is 35.4 Å². The number of rotatable bonds is 4. The number of aliphatic imine (C=N–C) groups is 1. The first-order valence-electron chi connectivity index (χ1n) is 9.74. The van der Waals surface area contributed by atoms with Crippen LogP contribution in [0.3, 0.4) is 0 Å². The lowest BCUT2D eigenvalue weighted by Gasteiger charge is -2.14. The van der Waals surface area contributed by atoms with Gasteiger partial charge in [0.05, 0.1) is 17.8 Å². The normalized spacial score (nSPS) is 15.2. The van der Waals surface area contributed by atoms with Gasteiger partial charge in [-0.15, -0.1) is 0 Å². The Hall–Kier alpha value is -2.92. The summed E-state index contributed by atoms with van der Waals surface area (Å²) in [6.07, 6.45) is 2.08. The minimum absolute atomic E-state index is 0.0361. The van der Waals surface area contributed by atoms with Crippen LogP contribution < -0.4 is 5.32 Å². The Morgan fingerprint density at radius 3 is 2.66 bits per heavy atom. The van der Waals surface area contributed by atoms with Crippen molar-refractivity contribution in [1.29, 1.82) is 0 Å². The Bertz CT molecular complexity index is 1100. The minimum Gasteiger partial charge on any atom is -0.356 e. The van der Waals surface area contributed by atoms with E-state index in [9.17, 15) is 4.79 Å². The van der Waals surface area contributed by atoms with Crippen LogP contribution >= 0.6 is 11.6 Å². The Balaban J connectivity index is 1.95. The number of halogens is 1. The topological polar surface area (TPSA) is 59.3 Å². The van der Waals surface area contributed by atoms with Crippen LogP contribution in [0.1, 0.15) is 47.6 Å². The Morgan fingerprint density at radius 2 is 1.93 bits per heavy atom. The van der Waals surface area contributed by atoms with Crippen LogP contribution in [0.2, 0.25) is 5.02 Å². The van der Waals surface area contributed by atoms with Gasteiger partial charge in [0.25, 0.3) is 0 Å². The lowest BCUT2D eigenvalue weighted by Crippen LogP contribution is -2.25. The van der Waals surface area contributed by atoms with Crippen LogP contribution in [-0.2, 0) is 4.79 Å². The van der Waals surface area contributed by atoms with Crippen LogP contribution in [0, 0.1) is 13.8 Å². The van der Waals surface area contributed by atoms with Crippen molar-refractivity contribution in [3.63, 3.8) is 0 Å². The number of imidazole rings is 1. The molecule has 29 heavy (non-hydrogen) atoms. The zero-order chi connectivity index (χ0) is 20.5. The number of nitrogens with zero attached hydrogens (tertiary/aromatic N) is 3. The number of fused-ring (bicyclic) bond motifs is 3. The molecule has 0 saturated heterocycles. The minimum atomic E-state index is -0.381. The van der Waals surface area contributed by atoms with E-state index in [1.165, 1.54) is 0 Å². The number of carbonyl (C=O) groups is 1. The number of hydrogen-bond acceptors (Lipinski definition) is 3. The van der Waals surface area contributed by atoms with Gasteiger partial charge in [-0.25, -0.2) is 4.98 Å². The molecule has 1 atom stereocenters. The third kappa shape index (κ3) is 3.70. The predicted molar refractivity (Wildman–Crippen MR) is 116 cm³/mol. The Labute approximate surface area is 175 Å². The van der Waals surface area contributed by atoms with E-state index in [1.54, 1.807) is 0 Å². The summed E-state index contributed by atoms with van der Waals surface area (Å²) in [6, 6.07) is 13.6. The molecule has 3 aromatic rings. The van der Waals surface area contributed by atoms with E-state index in [1.807, 2.05) is 44.3 Å². The lowest BCUT2D eigenvalue weighted by atomic mass is 9.98. The molecule has 0 fully saturated rings. The molecule has 1 N–H and O–H groups in total. The maximum absolute atomic E-state index is 12.4. The first-order chi connectivity index (χ1) is 14.0. The quantitative estimate of drug-likeness (QED) is 0.690. The van der Waals surface area contributed by atoms with Crippen LogP contribution in [-0.4, -0.2) is 27.7 Å². The molecule has 1 aliphatic heterocycles. The maximum atomic E-state index is 12.4. The van der Waals surface area contributed by atoms with E-state index in [-0.39, 0.29) is 18.4 Å². The maximum Gasteiger partial charge on any atom is 0.222 e. The molecule has 6 heteroatoms. The molecule has 0 saturated carbocycles. The van der Waals surface area contributed by atoms with Crippen LogP contribution in [0.15, 0.2) is 53.7 Å². The van der Waals surface area contributed by atoms with Crippen molar-refractivity contribution in [2.24, 2.45) is 4.99 Å². The summed E-state index contributed by atoms with van der Waals surface area (Å²) >= 11 is 6.11. The molecule has 1 aromatic heterocycles. The molecular weight excluding hydrogens is 384 g/mol. The third-order valence-electron chi connectivity index (χ3n) is 5.07. The summed E-state index contributed by atoms with van der Waals surface area (Å²) in [5.74, 6) is 0.744. The largest absolute Gasteiger partial charge is 0.356 e. The first kappa shape index (κ1) is 19.4. The van der Waals surface area contributed by atoms with Crippen molar-refractivity contribution < 1.29 is 4.79 Å². The summed E-state index contributed by atoms with van der Waals surface area (Å²) in [7, 11) is 0. The standard InChI is InChI=1S/C23H23ClN4O/c1-4-25-21(29)12-19-23-26-13-15(3)28(23)20-10-5-14(2)11-18(20)22(27-19)16-6-8-17(24)9-7-16/h5-11,13,19H,4,12H2,1-3H3,(H,25,29)/t19-/m1/s1. The highest BCUT2D eigenvalue weighted by molar-refractivity contribution is 6.30. The molecular formula is C23H23ClN4O. The molecule has 4 rings (SSSR count). The van der Waals surface area contributed by atoms with Crippen LogP contribution in [0.25, 0.3) is 5.69 Å². The van der Waals surface area contributed by atoms with E-state index in [0.29, 0.717) is 11.6 Å². The van der Waals surface area contributed by atoms with Crippen molar-refractivity contribution in [2.75, 3.05) is 6.54 Å². The van der Waals surface area contributed by atoms with Gasteiger partial charge in [0.2, 0.25) is 5.91 Å². The molecule has 0 unspecified atom stereocenters. The fourth-order valence-electron chi connectivity index (χ4n) is 3.74. The molecule has 148 valence electrons. The van der Waals surface area contributed by atoms with Gasteiger partial charge in [0, 0.05) is 34.6 Å². The van der Waals surface area contributed by atoms with E-state index in [0.717, 1.165) is 39.6 Å². The smallest absolute Gasteiger partial charge is 0.222 e. The summed E-state index contributed by atoms with van der Waals surface area (Å²) in [5.41, 5.74) is 6.01. The Morgan fingerprint density at radius 1 is 1.17 bits per heavy atom.